The number of hydrogen-bond donors (Lipinski definition) is 1. The maximum Gasteiger partial charge on any atom is 0.341 e. The van der Waals surface area contributed by atoms with Crippen LogP contribution in [0.1, 0.15) is 29.8 Å². The zero-order chi connectivity index (χ0) is 21.5. The van der Waals surface area contributed by atoms with E-state index in [1.807, 2.05) is 30.3 Å². The third kappa shape index (κ3) is 5.27. The first kappa shape index (κ1) is 21.6. The predicted molar refractivity (Wildman–Crippen MR) is 121 cm³/mol. The first-order chi connectivity index (χ1) is 14.5. The summed E-state index contributed by atoms with van der Waals surface area (Å²) < 4.78 is 12.1. The van der Waals surface area contributed by atoms with Gasteiger partial charge in [-0.2, -0.15) is 0 Å². The van der Waals surface area contributed by atoms with Gasteiger partial charge < -0.3 is 14.8 Å². The molecule has 0 bridgehead atoms. The van der Waals surface area contributed by atoms with Crippen LogP contribution in [0.4, 0.5) is 5.69 Å². The lowest BCUT2D eigenvalue weighted by Crippen LogP contribution is -2.12. The van der Waals surface area contributed by atoms with Crippen molar-refractivity contribution >= 4 is 33.5 Å². The number of carbonyl (C=O) groups excluding carboxylic acids is 2. The lowest BCUT2D eigenvalue weighted by molar-refractivity contribution is -0.114. The molecule has 2 aromatic carbocycles. The highest BCUT2D eigenvalue weighted by Gasteiger charge is 2.18. The van der Waals surface area contributed by atoms with E-state index >= 15 is 0 Å². The van der Waals surface area contributed by atoms with E-state index in [4.69, 9.17) is 9.47 Å². The smallest absolute Gasteiger partial charge is 0.341 e. The van der Waals surface area contributed by atoms with Gasteiger partial charge in [-0.15, -0.1) is 0 Å². The topological polar surface area (TPSA) is 64.6 Å². The van der Waals surface area contributed by atoms with Gasteiger partial charge in [-0.25, -0.2) is 4.79 Å². The zero-order valence-electron chi connectivity index (χ0n) is 16.8. The molecule has 0 saturated heterocycles. The van der Waals surface area contributed by atoms with Crippen molar-refractivity contribution in [2.24, 2.45) is 0 Å². The largest absolute Gasteiger partial charge is 0.486 e. The molecule has 0 radical (unpaired) electrons. The Bertz CT molecular complexity index is 1050. The SMILES string of the molecule is Brc1cc2ccc1-2.CCOC(=O)c1cccc(NC(C)=O)c1OCc1ccccc1. The molecule has 0 heterocycles. The minimum atomic E-state index is -0.484. The highest BCUT2D eigenvalue weighted by Crippen LogP contribution is 2.40. The number of amides is 1. The van der Waals surface area contributed by atoms with Crippen molar-refractivity contribution in [3.05, 3.63) is 82.3 Å². The Hall–Kier alpha value is -3.12. The van der Waals surface area contributed by atoms with Gasteiger partial charge in [0.15, 0.2) is 5.75 Å². The first-order valence-corrected chi connectivity index (χ1v) is 10.3. The number of esters is 1. The molecule has 0 aliphatic heterocycles. The summed E-state index contributed by atoms with van der Waals surface area (Å²) in [5.74, 6) is -0.414. The van der Waals surface area contributed by atoms with Gasteiger partial charge in [-0.1, -0.05) is 64.5 Å². The third-order valence-electron chi connectivity index (χ3n) is 4.33. The van der Waals surface area contributed by atoms with E-state index in [2.05, 4.69) is 39.4 Å². The molecule has 5 nitrogen and oxygen atoms in total. The normalized spacial score (nSPS) is 10.4. The molecule has 2 aromatic rings. The van der Waals surface area contributed by atoms with E-state index in [9.17, 15) is 9.59 Å². The summed E-state index contributed by atoms with van der Waals surface area (Å²) in [6.45, 7) is 3.68. The number of hydrogen-bond acceptors (Lipinski definition) is 4. The van der Waals surface area contributed by atoms with Crippen LogP contribution < -0.4 is 10.1 Å². The minimum Gasteiger partial charge on any atom is -0.486 e. The number of para-hydroxylation sites is 1. The van der Waals surface area contributed by atoms with Gasteiger partial charge in [0.2, 0.25) is 5.91 Å². The van der Waals surface area contributed by atoms with Gasteiger partial charge in [0.05, 0.1) is 12.3 Å². The van der Waals surface area contributed by atoms with Crippen LogP contribution >= 0.6 is 15.9 Å². The number of ether oxygens (including phenoxy) is 2. The summed E-state index contributed by atoms with van der Waals surface area (Å²) >= 11 is 3.37. The molecule has 0 saturated carbocycles. The number of fused-ring (bicyclic) bond motifs is 1. The summed E-state index contributed by atoms with van der Waals surface area (Å²) in [6, 6.07) is 20.9. The highest BCUT2D eigenvalue weighted by molar-refractivity contribution is 9.10. The Morgan fingerprint density at radius 2 is 1.77 bits per heavy atom. The van der Waals surface area contributed by atoms with Crippen LogP contribution in [0.3, 0.4) is 0 Å². The van der Waals surface area contributed by atoms with Crippen LogP contribution in [-0.4, -0.2) is 18.5 Å². The standard InChI is InChI=1S/C18H19NO4.C6H3Br/c1-3-22-18(21)15-10-7-11-16(19-13(2)20)17(15)23-12-14-8-5-4-6-9-14;7-6-3-4-1-2-5(4)6/h4-11H,3,12H2,1-2H3,(H,19,20);1-3H. The predicted octanol–water partition coefficient (Wildman–Crippen LogP) is 5.83. The molecule has 1 N–H and O–H groups in total. The summed E-state index contributed by atoms with van der Waals surface area (Å²) in [4.78, 5) is 23.5. The molecule has 1 amide bonds. The van der Waals surface area contributed by atoms with Crippen molar-refractivity contribution in [2.45, 2.75) is 20.5 Å². The Labute approximate surface area is 184 Å². The van der Waals surface area contributed by atoms with Crippen molar-refractivity contribution in [1.82, 2.24) is 0 Å². The lowest BCUT2D eigenvalue weighted by atomic mass is 9.94. The number of benzene rings is 3. The number of anilines is 1. The second-order valence-corrected chi connectivity index (χ2v) is 7.41. The third-order valence-corrected chi connectivity index (χ3v) is 4.98. The average molecular weight is 468 g/mol. The summed E-state index contributed by atoms with van der Waals surface area (Å²) in [5.41, 5.74) is 4.47. The van der Waals surface area contributed by atoms with Crippen LogP contribution in [0, 0.1) is 0 Å². The van der Waals surface area contributed by atoms with E-state index in [0.717, 1.165) is 5.56 Å². The van der Waals surface area contributed by atoms with Gasteiger partial charge in [-0.05, 0) is 41.8 Å². The lowest BCUT2D eigenvalue weighted by Gasteiger charge is -2.15. The molecule has 154 valence electrons. The molecule has 2 aliphatic rings. The molecule has 6 heteroatoms. The summed E-state index contributed by atoms with van der Waals surface area (Å²) in [5, 5.41) is 2.68. The number of carbonyl (C=O) groups is 2. The molecule has 0 fully saturated rings. The molecule has 0 atom stereocenters. The Balaban J connectivity index is 0.000000302. The monoisotopic (exact) mass is 467 g/mol. The molecule has 0 aromatic heterocycles. The van der Waals surface area contributed by atoms with Crippen LogP contribution in [0.2, 0.25) is 0 Å². The van der Waals surface area contributed by atoms with Crippen molar-refractivity contribution in [3.63, 3.8) is 0 Å². The van der Waals surface area contributed by atoms with E-state index in [1.54, 1.807) is 25.1 Å². The van der Waals surface area contributed by atoms with E-state index in [0.29, 0.717) is 11.4 Å². The zero-order valence-corrected chi connectivity index (χ0v) is 18.4. The van der Waals surface area contributed by atoms with Gasteiger partial charge in [0, 0.05) is 11.4 Å². The van der Waals surface area contributed by atoms with Crippen molar-refractivity contribution in [2.75, 3.05) is 11.9 Å². The van der Waals surface area contributed by atoms with Crippen LogP contribution in [0.5, 0.6) is 5.75 Å². The highest BCUT2D eigenvalue weighted by atomic mass is 79.9. The Morgan fingerprint density at radius 1 is 1.00 bits per heavy atom. The van der Waals surface area contributed by atoms with Crippen LogP contribution in [0.25, 0.3) is 11.1 Å². The molecule has 0 unspecified atom stereocenters. The fourth-order valence-corrected chi connectivity index (χ4v) is 3.43. The Morgan fingerprint density at radius 3 is 2.27 bits per heavy atom. The van der Waals surface area contributed by atoms with E-state index < -0.39 is 5.97 Å². The second-order valence-electron chi connectivity index (χ2n) is 6.55. The molecular weight excluding hydrogens is 446 g/mol. The van der Waals surface area contributed by atoms with E-state index in [1.165, 1.54) is 22.5 Å². The van der Waals surface area contributed by atoms with Gasteiger partial charge in [-0.3, -0.25) is 4.79 Å². The molecule has 4 rings (SSSR count). The molecule has 30 heavy (non-hydrogen) atoms. The van der Waals surface area contributed by atoms with E-state index in [-0.39, 0.29) is 24.7 Å². The average Bonchev–Trinajstić information content (AvgIpc) is 2.71. The fraction of sp³-hybridized carbons (Fsp3) is 0.167. The molecule has 0 spiro atoms. The maximum absolute atomic E-state index is 12.1. The quantitative estimate of drug-likeness (QED) is 0.362. The fourth-order valence-electron chi connectivity index (χ4n) is 2.82. The maximum atomic E-state index is 12.1. The molecule has 2 aliphatic carbocycles. The van der Waals surface area contributed by atoms with Crippen molar-refractivity contribution in [3.8, 4) is 16.9 Å². The van der Waals surface area contributed by atoms with Crippen molar-refractivity contribution < 1.29 is 19.1 Å². The number of nitrogens with one attached hydrogen (secondary N) is 1. The van der Waals surface area contributed by atoms with Gasteiger partial charge >= 0.3 is 5.97 Å². The minimum absolute atomic E-state index is 0.240. The number of halogens is 1. The second kappa shape index (κ2) is 10.1. The Kier molecular flexibility index (Phi) is 7.25. The van der Waals surface area contributed by atoms with Gasteiger partial charge in [0.25, 0.3) is 0 Å². The summed E-state index contributed by atoms with van der Waals surface area (Å²) in [6.07, 6.45) is 0. The molecular formula is C24H22BrNO4. The van der Waals surface area contributed by atoms with Crippen molar-refractivity contribution in [1.29, 1.82) is 0 Å². The van der Waals surface area contributed by atoms with Crippen LogP contribution in [-0.2, 0) is 16.1 Å². The van der Waals surface area contributed by atoms with Crippen LogP contribution in [0.15, 0.2) is 71.2 Å². The summed E-state index contributed by atoms with van der Waals surface area (Å²) in [7, 11) is 0. The first-order valence-electron chi connectivity index (χ1n) is 9.54. The van der Waals surface area contributed by atoms with Gasteiger partial charge in [0.1, 0.15) is 12.2 Å². The number of rotatable bonds is 6.